The van der Waals surface area contributed by atoms with Gasteiger partial charge in [0.15, 0.2) is 0 Å². The Morgan fingerprint density at radius 1 is 1.26 bits per heavy atom. The summed E-state index contributed by atoms with van der Waals surface area (Å²) in [5, 5.41) is 0. The summed E-state index contributed by atoms with van der Waals surface area (Å²) in [6, 6.07) is 3.82. The lowest BCUT2D eigenvalue weighted by Gasteiger charge is -2.19. The van der Waals surface area contributed by atoms with Crippen LogP contribution in [0.1, 0.15) is 44.7 Å². The van der Waals surface area contributed by atoms with Gasteiger partial charge in [-0.3, -0.25) is 4.79 Å². The lowest BCUT2D eigenvalue weighted by Crippen LogP contribution is -2.23. The van der Waals surface area contributed by atoms with E-state index in [2.05, 4.69) is 16.4 Å². The molecule has 154 valence electrons. The van der Waals surface area contributed by atoms with Crippen molar-refractivity contribution < 1.29 is 14.3 Å². The molecule has 0 bridgehead atoms. The quantitative estimate of drug-likeness (QED) is 0.222. The Labute approximate surface area is 172 Å². The van der Waals surface area contributed by atoms with Crippen molar-refractivity contribution in [1.82, 2.24) is 4.90 Å². The minimum atomic E-state index is -0.589. The van der Waals surface area contributed by atoms with Gasteiger partial charge in [-0.25, -0.2) is 0 Å². The topological polar surface area (TPSA) is 68.2 Å². The number of esters is 1. The highest BCUT2D eigenvalue weighted by Crippen LogP contribution is 2.32. The van der Waals surface area contributed by atoms with Crippen molar-refractivity contribution in [1.29, 1.82) is 0 Å². The van der Waals surface area contributed by atoms with Crippen LogP contribution in [0.3, 0.4) is 0 Å². The molecule has 0 atom stereocenters. The molecule has 1 aromatic rings. The van der Waals surface area contributed by atoms with Crippen LogP contribution < -0.4 is 9.47 Å². The molecular weight excluding hydrogens is 388 g/mol. The molecule has 1 rings (SSSR count). The molecule has 0 saturated heterocycles. The van der Waals surface area contributed by atoms with Gasteiger partial charge in [0.2, 0.25) is 0 Å². The summed E-state index contributed by atoms with van der Waals surface area (Å²) in [7, 11) is 4.01. The Kier molecular flexibility index (Phi) is 11.6. The highest BCUT2D eigenvalue weighted by atomic mass is 35.5. The van der Waals surface area contributed by atoms with Gasteiger partial charge in [0, 0.05) is 27.8 Å². The second-order valence-electron chi connectivity index (χ2n) is 7.20. The summed E-state index contributed by atoms with van der Waals surface area (Å²) in [5.74, 6) is 1.00. The maximum atomic E-state index is 12.2. The van der Waals surface area contributed by atoms with Gasteiger partial charge in [-0.1, -0.05) is 13.3 Å². The number of nitrogens with zero attached hydrogens (tertiary/aromatic N) is 2. The van der Waals surface area contributed by atoms with E-state index in [1.54, 1.807) is 13.8 Å². The van der Waals surface area contributed by atoms with E-state index in [1.807, 2.05) is 33.2 Å². The molecule has 0 aliphatic carbocycles. The van der Waals surface area contributed by atoms with Crippen LogP contribution in [0.4, 0.5) is 0 Å². The van der Waals surface area contributed by atoms with Crippen LogP contribution in [0, 0.1) is 11.8 Å². The first-order valence-electron chi connectivity index (χ1n) is 8.81. The molecule has 0 spiro atoms. The highest BCUT2D eigenvalue weighted by molar-refractivity contribution is 7.99. The number of halogens is 1. The maximum Gasteiger partial charge on any atom is 0.312 e. The average molecular weight is 419 g/mol. The normalized spacial score (nSPS) is 11.1. The molecule has 0 aliphatic heterocycles. The van der Waals surface area contributed by atoms with Crippen molar-refractivity contribution in [3.05, 3.63) is 28.2 Å². The molecule has 0 saturated carbocycles. The van der Waals surface area contributed by atoms with Crippen molar-refractivity contribution in [2.45, 2.75) is 51.7 Å². The Balaban J connectivity index is 0.00000676. The number of ether oxygens (including phenoxy) is 2. The van der Waals surface area contributed by atoms with E-state index < -0.39 is 4.75 Å². The van der Waals surface area contributed by atoms with E-state index in [1.165, 1.54) is 0 Å². The first-order valence-corrected chi connectivity index (χ1v) is 9.58. The molecule has 0 N–H and O–H groups in total. The molecule has 0 amide bonds. The number of aryl methyl sites for hydroxylation is 2. The summed E-state index contributed by atoms with van der Waals surface area (Å²) in [6.45, 7) is 9.01. The third kappa shape index (κ3) is 9.44. The number of carbonyl (C=O) groups is 1. The molecule has 0 radical (unpaired) electrons. The second-order valence-corrected chi connectivity index (χ2v) is 8.64. The summed E-state index contributed by atoms with van der Waals surface area (Å²) in [6.07, 6.45) is 1.92. The lowest BCUT2D eigenvalue weighted by molar-refractivity contribution is -0.134. The van der Waals surface area contributed by atoms with Crippen molar-refractivity contribution in [3.63, 3.8) is 0 Å². The Bertz CT molecular complexity index is 624. The van der Waals surface area contributed by atoms with Crippen LogP contribution in [0.15, 0.2) is 16.7 Å². The van der Waals surface area contributed by atoms with Crippen LogP contribution in [-0.4, -0.2) is 42.9 Å². The fourth-order valence-corrected chi connectivity index (χ4v) is 2.77. The van der Waals surface area contributed by atoms with Crippen LogP contribution >= 0.6 is 24.4 Å². The lowest BCUT2D eigenvalue weighted by atomic mass is 10.1. The molecule has 1 aromatic carbocycles. The predicted octanol–water partition coefficient (Wildman–Crippen LogP) is 4.80. The maximum absolute atomic E-state index is 12.2. The molecule has 0 unspecified atom stereocenters. The summed E-state index contributed by atoms with van der Waals surface area (Å²) < 4.78 is 13.7. The molecule has 6 nitrogen and oxygen atoms in total. The third-order valence-corrected chi connectivity index (χ3v) is 4.46. The Hall–Kier alpha value is -1.31. The molecule has 0 fully saturated rings. The van der Waals surface area contributed by atoms with Gasteiger partial charge >= 0.3 is 5.97 Å². The van der Waals surface area contributed by atoms with Gasteiger partial charge in [0.25, 0.3) is 0 Å². The standard InChI is InChI=1S/C19H30N2O4S.ClH/c1-7-8-15-12-16(25-18(22)13-19(3,4)26-20-23)14(2)11-17(15)24-10-9-21(5)6;/h11-12H,7-10,13H2,1-6H3;1H. The van der Waals surface area contributed by atoms with E-state index in [-0.39, 0.29) is 24.8 Å². The van der Waals surface area contributed by atoms with Gasteiger partial charge < -0.3 is 14.4 Å². The largest absolute Gasteiger partial charge is 0.492 e. The Morgan fingerprint density at radius 2 is 1.93 bits per heavy atom. The zero-order chi connectivity index (χ0) is 19.7. The first kappa shape index (κ1) is 25.7. The zero-order valence-electron chi connectivity index (χ0n) is 17.0. The number of hydrogen-bond acceptors (Lipinski definition) is 7. The average Bonchev–Trinajstić information content (AvgIpc) is 2.50. The molecule has 0 aromatic heterocycles. The van der Waals surface area contributed by atoms with Gasteiger partial charge in [0.05, 0.1) is 6.42 Å². The third-order valence-electron chi connectivity index (χ3n) is 3.75. The van der Waals surface area contributed by atoms with Crippen molar-refractivity contribution in [2.24, 2.45) is 4.58 Å². The smallest absolute Gasteiger partial charge is 0.312 e. The van der Waals surface area contributed by atoms with Gasteiger partial charge in [-0.2, -0.15) is 0 Å². The number of hydrogen-bond donors (Lipinski definition) is 0. The predicted molar refractivity (Wildman–Crippen MR) is 114 cm³/mol. The minimum Gasteiger partial charge on any atom is -0.492 e. The summed E-state index contributed by atoms with van der Waals surface area (Å²) >= 11 is 0.846. The van der Waals surface area contributed by atoms with Crippen LogP contribution in [-0.2, 0) is 11.2 Å². The van der Waals surface area contributed by atoms with E-state index >= 15 is 0 Å². The monoisotopic (exact) mass is 418 g/mol. The van der Waals surface area contributed by atoms with E-state index in [0.29, 0.717) is 12.4 Å². The highest BCUT2D eigenvalue weighted by Gasteiger charge is 2.25. The summed E-state index contributed by atoms with van der Waals surface area (Å²) in [5.41, 5.74) is 1.87. The van der Waals surface area contributed by atoms with Crippen LogP contribution in [0.2, 0.25) is 0 Å². The number of nitroso groups, excluding NO2 is 1. The van der Waals surface area contributed by atoms with Crippen molar-refractivity contribution in [2.75, 3.05) is 27.2 Å². The van der Waals surface area contributed by atoms with Crippen LogP contribution in [0.25, 0.3) is 0 Å². The Morgan fingerprint density at radius 3 is 2.48 bits per heavy atom. The van der Waals surface area contributed by atoms with E-state index in [9.17, 15) is 9.70 Å². The number of benzene rings is 1. The SMILES string of the molecule is CCCc1cc(OC(=O)CC(C)(C)SN=O)c(C)cc1OCCN(C)C.Cl. The molecule has 27 heavy (non-hydrogen) atoms. The fourth-order valence-electron chi connectivity index (χ4n) is 2.39. The molecular formula is C19H31ClN2O4S. The minimum absolute atomic E-state index is 0. The zero-order valence-corrected chi connectivity index (χ0v) is 18.7. The van der Waals surface area contributed by atoms with Crippen molar-refractivity contribution >= 4 is 30.3 Å². The summed E-state index contributed by atoms with van der Waals surface area (Å²) in [4.78, 5) is 24.7. The fraction of sp³-hybridized carbons (Fsp3) is 0.632. The van der Waals surface area contributed by atoms with E-state index in [0.717, 1.165) is 48.2 Å². The van der Waals surface area contributed by atoms with Gasteiger partial charge in [-0.15, -0.1) is 17.3 Å². The molecule has 8 heteroatoms. The van der Waals surface area contributed by atoms with Crippen molar-refractivity contribution in [3.8, 4) is 11.5 Å². The number of rotatable bonds is 11. The van der Waals surface area contributed by atoms with Gasteiger partial charge in [0.1, 0.15) is 18.1 Å². The first-order chi connectivity index (χ1) is 12.2. The van der Waals surface area contributed by atoms with Gasteiger partial charge in [-0.05, 0) is 64.5 Å². The molecule has 0 heterocycles. The number of carbonyl (C=O) groups excluding carboxylic acids is 1. The van der Waals surface area contributed by atoms with E-state index in [4.69, 9.17) is 9.47 Å². The van der Waals surface area contributed by atoms with Crippen LogP contribution in [0.5, 0.6) is 11.5 Å². The second kappa shape index (κ2) is 12.2. The number of likely N-dealkylation sites (N-methyl/N-ethyl adjacent to an activating group) is 1. The molecule has 0 aliphatic rings.